The van der Waals surface area contributed by atoms with Gasteiger partial charge in [-0.2, -0.15) is 0 Å². The molecule has 0 heterocycles. The summed E-state index contributed by atoms with van der Waals surface area (Å²) in [6.45, 7) is 4.92. The van der Waals surface area contributed by atoms with Crippen molar-refractivity contribution in [1.82, 2.24) is 5.32 Å². The highest BCUT2D eigenvalue weighted by atomic mass is 16.5. The van der Waals surface area contributed by atoms with Crippen LogP contribution in [0.2, 0.25) is 0 Å². The molecule has 0 saturated carbocycles. The lowest BCUT2D eigenvalue weighted by Crippen LogP contribution is -2.45. The molecule has 0 radical (unpaired) electrons. The van der Waals surface area contributed by atoms with Crippen LogP contribution in [0.4, 0.5) is 0 Å². The fraction of sp³-hybridized carbons (Fsp3) is 0.939. The fourth-order valence-electron chi connectivity index (χ4n) is 10.5. The summed E-state index contributed by atoms with van der Waals surface area (Å²) in [6.07, 6.45) is 75.5. The van der Waals surface area contributed by atoms with E-state index in [0.717, 1.165) is 57.8 Å². The molecule has 2 atom stereocenters. The summed E-state index contributed by atoms with van der Waals surface area (Å²) in [5, 5.41) is 23.2. The highest BCUT2D eigenvalue weighted by molar-refractivity contribution is 5.76. The minimum Gasteiger partial charge on any atom is -0.466 e. The summed E-state index contributed by atoms with van der Waals surface area (Å²) in [5.74, 6) is -0.0772. The van der Waals surface area contributed by atoms with Crippen LogP contribution < -0.4 is 5.32 Å². The minimum absolute atomic E-state index is 0.00149. The van der Waals surface area contributed by atoms with E-state index in [2.05, 4.69) is 19.2 Å². The van der Waals surface area contributed by atoms with E-state index in [1.165, 1.54) is 289 Å². The van der Waals surface area contributed by atoms with E-state index >= 15 is 0 Å². The predicted octanol–water partition coefficient (Wildman–Crippen LogP) is 20.8. The standard InChI is InChI=1S/C66H129NO5/c1-3-5-7-9-11-13-15-17-19-21-22-23-24-25-26-27-28-30-31-34-38-42-46-50-54-58-64(69)63(62-68)67-65(70)59-55-51-47-43-39-35-33-37-41-45-49-53-57-61-72-66(71)60-56-52-48-44-40-36-32-29-20-18-16-14-12-10-8-6-4-2/h54,58,63-64,68-69H,3-53,55-57,59-62H2,1-2H3,(H,67,70)/b58-54+. The molecule has 428 valence electrons. The SMILES string of the molecule is CCCCCCCCCCCCCCCCCCCCCCCCC/C=C/C(O)C(CO)NC(=O)CCCCCCCCCCCCCCCOC(=O)CCCCCCCCCCCCCCCCCCC. The Morgan fingerprint density at radius 1 is 0.375 bits per heavy atom. The van der Waals surface area contributed by atoms with Gasteiger partial charge in [0.25, 0.3) is 0 Å². The summed E-state index contributed by atoms with van der Waals surface area (Å²) in [5.41, 5.74) is 0. The third-order valence-corrected chi connectivity index (χ3v) is 15.6. The van der Waals surface area contributed by atoms with Gasteiger partial charge in [-0.3, -0.25) is 9.59 Å². The lowest BCUT2D eigenvalue weighted by Gasteiger charge is -2.20. The topological polar surface area (TPSA) is 95.9 Å². The Labute approximate surface area is 450 Å². The number of hydrogen-bond donors (Lipinski definition) is 3. The molecule has 0 fully saturated rings. The second-order valence-corrected chi connectivity index (χ2v) is 22.8. The second kappa shape index (κ2) is 62.1. The van der Waals surface area contributed by atoms with E-state index in [9.17, 15) is 19.8 Å². The Morgan fingerprint density at radius 2 is 0.639 bits per heavy atom. The maximum atomic E-state index is 12.5. The Kier molecular flexibility index (Phi) is 60.9. The number of nitrogens with one attached hydrogen (secondary N) is 1. The number of amides is 1. The molecule has 6 nitrogen and oxygen atoms in total. The predicted molar refractivity (Wildman–Crippen MR) is 315 cm³/mol. The maximum absolute atomic E-state index is 12.5. The zero-order valence-corrected chi connectivity index (χ0v) is 48.9. The number of aliphatic hydroxyl groups is 2. The second-order valence-electron chi connectivity index (χ2n) is 22.8. The van der Waals surface area contributed by atoms with Gasteiger partial charge < -0.3 is 20.3 Å². The van der Waals surface area contributed by atoms with Crippen LogP contribution in [0.15, 0.2) is 12.2 Å². The van der Waals surface area contributed by atoms with Crippen molar-refractivity contribution in [3.63, 3.8) is 0 Å². The van der Waals surface area contributed by atoms with Gasteiger partial charge in [0, 0.05) is 12.8 Å². The molecule has 0 rings (SSSR count). The average molecular weight is 1020 g/mol. The van der Waals surface area contributed by atoms with Crippen LogP contribution in [0.5, 0.6) is 0 Å². The highest BCUT2D eigenvalue weighted by Gasteiger charge is 2.18. The quantitative estimate of drug-likeness (QED) is 0.0320. The zero-order valence-electron chi connectivity index (χ0n) is 48.9. The normalized spacial score (nSPS) is 12.6. The van der Waals surface area contributed by atoms with Crippen molar-refractivity contribution >= 4 is 11.9 Å². The average Bonchev–Trinajstić information content (AvgIpc) is 3.38. The number of hydrogen-bond acceptors (Lipinski definition) is 5. The molecule has 0 aromatic carbocycles. The minimum atomic E-state index is -0.854. The van der Waals surface area contributed by atoms with Gasteiger partial charge in [-0.25, -0.2) is 0 Å². The molecule has 6 heteroatoms. The molecule has 0 aromatic rings. The van der Waals surface area contributed by atoms with Crippen molar-refractivity contribution in [2.45, 2.75) is 386 Å². The lowest BCUT2D eigenvalue weighted by molar-refractivity contribution is -0.143. The van der Waals surface area contributed by atoms with E-state index in [0.29, 0.717) is 19.4 Å². The molecule has 0 aliphatic heterocycles. The Hall–Kier alpha value is -1.40. The third kappa shape index (κ3) is 57.9. The lowest BCUT2D eigenvalue weighted by atomic mass is 10.0. The number of carbonyl (C=O) groups is 2. The Balaban J connectivity index is 3.45. The van der Waals surface area contributed by atoms with Crippen LogP contribution >= 0.6 is 0 Å². The third-order valence-electron chi connectivity index (χ3n) is 15.6. The van der Waals surface area contributed by atoms with Gasteiger partial charge >= 0.3 is 5.97 Å². The first-order valence-electron chi connectivity index (χ1n) is 33.0. The first kappa shape index (κ1) is 70.6. The van der Waals surface area contributed by atoms with Crippen molar-refractivity contribution in [3.8, 4) is 0 Å². The number of ether oxygens (including phenoxy) is 1. The maximum Gasteiger partial charge on any atom is 0.305 e. The Morgan fingerprint density at radius 3 is 0.944 bits per heavy atom. The van der Waals surface area contributed by atoms with E-state index in [1.807, 2.05) is 6.08 Å². The first-order chi connectivity index (χ1) is 35.5. The van der Waals surface area contributed by atoms with Gasteiger partial charge in [-0.05, 0) is 32.1 Å². The molecule has 72 heavy (non-hydrogen) atoms. The van der Waals surface area contributed by atoms with Crippen LogP contribution in [0.1, 0.15) is 373 Å². The molecule has 0 spiro atoms. The zero-order chi connectivity index (χ0) is 52.2. The molecule has 3 N–H and O–H groups in total. The van der Waals surface area contributed by atoms with Gasteiger partial charge in [0.1, 0.15) is 0 Å². The van der Waals surface area contributed by atoms with Gasteiger partial charge in [0.15, 0.2) is 0 Å². The molecule has 0 saturated heterocycles. The summed E-state index contributed by atoms with van der Waals surface area (Å²) < 4.78 is 5.49. The van der Waals surface area contributed by atoms with Crippen LogP contribution in [-0.4, -0.2) is 47.4 Å². The van der Waals surface area contributed by atoms with Gasteiger partial charge in [0.05, 0.1) is 25.4 Å². The van der Waals surface area contributed by atoms with Crippen molar-refractivity contribution in [2.75, 3.05) is 13.2 Å². The monoisotopic (exact) mass is 1020 g/mol. The molecule has 0 aliphatic rings. The molecule has 0 aliphatic carbocycles. The van der Waals surface area contributed by atoms with Crippen molar-refractivity contribution in [2.24, 2.45) is 0 Å². The van der Waals surface area contributed by atoms with Crippen LogP contribution in [0, 0.1) is 0 Å². The molecule has 0 bridgehead atoms. The van der Waals surface area contributed by atoms with E-state index in [4.69, 9.17) is 4.74 Å². The number of carbonyl (C=O) groups excluding carboxylic acids is 2. The largest absolute Gasteiger partial charge is 0.466 e. The summed E-state index contributed by atoms with van der Waals surface area (Å²) >= 11 is 0. The van der Waals surface area contributed by atoms with Gasteiger partial charge in [-0.1, -0.05) is 341 Å². The van der Waals surface area contributed by atoms with Gasteiger partial charge in [-0.15, -0.1) is 0 Å². The number of esters is 1. The summed E-state index contributed by atoms with van der Waals surface area (Å²) in [4.78, 5) is 24.6. The fourth-order valence-corrected chi connectivity index (χ4v) is 10.5. The molecule has 1 amide bonds. The van der Waals surface area contributed by atoms with Crippen LogP contribution in [-0.2, 0) is 14.3 Å². The van der Waals surface area contributed by atoms with E-state index in [-0.39, 0.29) is 18.5 Å². The van der Waals surface area contributed by atoms with Crippen LogP contribution in [0.3, 0.4) is 0 Å². The van der Waals surface area contributed by atoms with Crippen LogP contribution in [0.25, 0.3) is 0 Å². The Bertz CT molecular complexity index is 1080. The number of aliphatic hydroxyl groups excluding tert-OH is 2. The highest BCUT2D eigenvalue weighted by Crippen LogP contribution is 2.19. The number of unbranched alkanes of at least 4 members (excludes halogenated alkanes) is 51. The van der Waals surface area contributed by atoms with Crippen molar-refractivity contribution in [3.05, 3.63) is 12.2 Å². The van der Waals surface area contributed by atoms with Crippen molar-refractivity contribution < 1.29 is 24.5 Å². The smallest absolute Gasteiger partial charge is 0.305 e. The molecule has 0 aromatic heterocycles. The first-order valence-corrected chi connectivity index (χ1v) is 33.0. The number of allylic oxidation sites excluding steroid dienone is 1. The van der Waals surface area contributed by atoms with Crippen molar-refractivity contribution in [1.29, 1.82) is 0 Å². The molecule has 2 unspecified atom stereocenters. The van der Waals surface area contributed by atoms with E-state index in [1.54, 1.807) is 6.08 Å². The summed E-state index contributed by atoms with van der Waals surface area (Å²) in [6, 6.07) is -0.638. The summed E-state index contributed by atoms with van der Waals surface area (Å²) in [7, 11) is 0. The van der Waals surface area contributed by atoms with Gasteiger partial charge in [0.2, 0.25) is 5.91 Å². The number of rotatable bonds is 62. The molecular weight excluding hydrogens is 887 g/mol. The van der Waals surface area contributed by atoms with E-state index < -0.39 is 12.1 Å². The molecular formula is C66H129NO5.